The maximum Gasteiger partial charge on any atom is 0.253 e. The molecule has 1 fully saturated rings. The van der Waals surface area contributed by atoms with Gasteiger partial charge in [0.2, 0.25) is 11.8 Å². The predicted molar refractivity (Wildman–Crippen MR) is 132 cm³/mol. The standard InChI is InChI=1S/C28H28N4O2/c1-20-7-3-5-9-24(20)19-31-15-17-32(18-16-31)28(33)23-13-11-22(12-14-23)26-29-30-27(34-26)25-10-6-4-8-21(25)2/h3-14H,15-19H2,1-2H3. The van der Waals surface area contributed by atoms with Crippen molar-refractivity contribution in [3.63, 3.8) is 0 Å². The van der Waals surface area contributed by atoms with E-state index in [4.69, 9.17) is 4.42 Å². The van der Waals surface area contributed by atoms with Crippen LogP contribution in [0.1, 0.15) is 27.0 Å². The van der Waals surface area contributed by atoms with Gasteiger partial charge in [-0.1, -0.05) is 42.5 Å². The normalized spacial score (nSPS) is 14.4. The van der Waals surface area contributed by atoms with Gasteiger partial charge in [-0.2, -0.15) is 0 Å². The van der Waals surface area contributed by atoms with Gasteiger partial charge in [-0.05, 0) is 60.9 Å². The van der Waals surface area contributed by atoms with Crippen molar-refractivity contribution >= 4 is 5.91 Å². The van der Waals surface area contributed by atoms with Gasteiger partial charge in [-0.3, -0.25) is 9.69 Å². The van der Waals surface area contributed by atoms with Crippen molar-refractivity contribution in [3.05, 3.63) is 95.1 Å². The molecule has 3 aromatic carbocycles. The van der Waals surface area contributed by atoms with Gasteiger partial charge in [0.1, 0.15) is 0 Å². The molecule has 0 N–H and O–H groups in total. The van der Waals surface area contributed by atoms with E-state index in [1.165, 1.54) is 11.1 Å². The van der Waals surface area contributed by atoms with E-state index in [1.54, 1.807) is 0 Å². The van der Waals surface area contributed by atoms with Crippen LogP contribution >= 0.6 is 0 Å². The molecule has 1 amide bonds. The first-order valence-electron chi connectivity index (χ1n) is 11.6. The van der Waals surface area contributed by atoms with Crippen molar-refractivity contribution in [2.24, 2.45) is 0 Å². The van der Waals surface area contributed by atoms with Crippen molar-refractivity contribution in [1.82, 2.24) is 20.0 Å². The summed E-state index contributed by atoms with van der Waals surface area (Å²) in [4.78, 5) is 17.4. The lowest BCUT2D eigenvalue weighted by atomic mass is 10.1. The molecule has 4 aromatic rings. The van der Waals surface area contributed by atoms with E-state index >= 15 is 0 Å². The molecule has 0 unspecified atom stereocenters. The summed E-state index contributed by atoms with van der Waals surface area (Å²) >= 11 is 0. The number of hydrogen-bond donors (Lipinski definition) is 0. The largest absolute Gasteiger partial charge is 0.416 e. The van der Waals surface area contributed by atoms with Crippen LogP contribution in [0.4, 0.5) is 0 Å². The molecule has 0 bridgehead atoms. The highest BCUT2D eigenvalue weighted by atomic mass is 16.4. The number of aromatic nitrogens is 2. The van der Waals surface area contributed by atoms with Gasteiger partial charge in [-0.15, -0.1) is 10.2 Å². The monoisotopic (exact) mass is 452 g/mol. The molecular formula is C28H28N4O2. The number of rotatable bonds is 5. The second kappa shape index (κ2) is 9.61. The number of carbonyl (C=O) groups is 1. The number of amides is 1. The van der Waals surface area contributed by atoms with E-state index in [0.717, 1.165) is 49.4 Å². The molecule has 0 radical (unpaired) electrons. The Morgan fingerprint density at radius 2 is 1.44 bits per heavy atom. The Morgan fingerprint density at radius 3 is 2.15 bits per heavy atom. The third-order valence-electron chi connectivity index (χ3n) is 6.49. The van der Waals surface area contributed by atoms with Gasteiger partial charge in [0, 0.05) is 49.4 Å². The fourth-order valence-electron chi connectivity index (χ4n) is 4.34. The minimum absolute atomic E-state index is 0.0632. The topological polar surface area (TPSA) is 62.5 Å². The van der Waals surface area contributed by atoms with Gasteiger partial charge >= 0.3 is 0 Å². The van der Waals surface area contributed by atoms with E-state index in [1.807, 2.05) is 60.4 Å². The van der Waals surface area contributed by atoms with Crippen LogP contribution in [-0.4, -0.2) is 52.1 Å². The minimum atomic E-state index is 0.0632. The lowest BCUT2D eigenvalue weighted by Crippen LogP contribution is -2.48. The quantitative estimate of drug-likeness (QED) is 0.427. The average molecular weight is 453 g/mol. The summed E-state index contributed by atoms with van der Waals surface area (Å²) in [6.45, 7) is 8.31. The first-order chi connectivity index (χ1) is 16.6. The van der Waals surface area contributed by atoms with Crippen LogP contribution < -0.4 is 0 Å². The molecule has 0 saturated carbocycles. The lowest BCUT2D eigenvalue weighted by molar-refractivity contribution is 0.0628. The van der Waals surface area contributed by atoms with Crippen molar-refractivity contribution in [1.29, 1.82) is 0 Å². The van der Waals surface area contributed by atoms with E-state index in [-0.39, 0.29) is 5.91 Å². The minimum Gasteiger partial charge on any atom is -0.416 e. The first kappa shape index (κ1) is 22.0. The van der Waals surface area contributed by atoms with Crippen LogP contribution in [0.5, 0.6) is 0 Å². The molecular weight excluding hydrogens is 424 g/mol. The Morgan fingerprint density at radius 1 is 0.794 bits per heavy atom. The molecule has 1 aliphatic heterocycles. The van der Waals surface area contributed by atoms with E-state index < -0.39 is 0 Å². The zero-order valence-electron chi connectivity index (χ0n) is 19.6. The number of benzene rings is 3. The molecule has 1 aliphatic rings. The predicted octanol–water partition coefficient (Wildman–Crippen LogP) is 4.98. The van der Waals surface area contributed by atoms with Crippen LogP contribution in [0.3, 0.4) is 0 Å². The van der Waals surface area contributed by atoms with E-state index in [9.17, 15) is 4.79 Å². The zero-order valence-corrected chi connectivity index (χ0v) is 19.6. The second-order valence-electron chi connectivity index (χ2n) is 8.80. The second-order valence-corrected chi connectivity index (χ2v) is 8.80. The molecule has 0 aliphatic carbocycles. The summed E-state index contributed by atoms with van der Waals surface area (Å²) in [5.41, 5.74) is 6.15. The molecule has 1 saturated heterocycles. The molecule has 6 heteroatoms. The number of carbonyl (C=O) groups excluding carboxylic acids is 1. The summed E-state index contributed by atoms with van der Waals surface area (Å²) in [6, 6.07) is 23.8. The van der Waals surface area contributed by atoms with Crippen LogP contribution in [0.2, 0.25) is 0 Å². The molecule has 5 rings (SSSR count). The number of piperazine rings is 1. The fraction of sp³-hybridized carbons (Fsp3) is 0.250. The summed E-state index contributed by atoms with van der Waals surface area (Å²) in [5.74, 6) is 1.01. The van der Waals surface area contributed by atoms with Crippen molar-refractivity contribution in [3.8, 4) is 22.9 Å². The van der Waals surface area contributed by atoms with Gasteiger partial charge in [0.25, 0.3) is 5.91 Å². The van der Waals surface area contributed by atoms with Crippen LogP contribution in [0.25, 0.3) is 22.9 Å². The Bertz CT molecular complexity index is 1290. The van der Waals surface area contributed by atoms with Crippen LogP contribution in [0, 0.1) is 13.8 Å². The Balaban J connectivity index is 1.21. The molecule has 34 heavy (non-hydrogen) atoms. The van der Waals surface area contributed by atoms with Crippen molar-refractivity contribution in [2.45, 2.75) is 20.4 Å². The van der Waals surface area contributed by atoms with Gasteiger partial charge < -0.3 is 9.32 Å². The summed E-state index contributed by atoms with van der Waals surface area (Å²) in [7, 11) is 0. The molecule has 0 atom stereocenters. The molecule has 2 heterocycles. The molecule has 0 spiro atoms. The first-order valence-corrected chi connectivity index (χ1v) is 11.6. The Hall–Kier alpha value is -3.77. The van der Waals surface area contributed by atoms with Crippen molar-refractivity contribution in [2.75, 3.05) is 26.2 Å². The SMILES string of the molecule is Cc1ccccc1CN1CCN(C(=O)c2ccc(-c3nnc(-c4ccccc4C)o3)cc2)CC1. The maximum absolute atomic E-state index is 13.0. The van der Waals surface area contributed by atoms with Gasteiger partial charge in [0.05, 0.1) is 0 Å². The number of aryl methyl sites for hydroxylation is 2. The third-order valence-corrected chi connectivity index (χ3v) is 6.49. The van der Waals surface area contributed by atoms with Crippen LogP contribution in [-0.2, 0) is 6.54 Å². The average Bonchev–Trinajstić information content (AvgIpc) is 3.36. The highest BCUT2D eigenvalue weighted by Crippen LogP contribution is 2.26. The van der Waals surface area contributed by atoms with Gasteiger partial charge in [0.15, 0.2) is 0 Å². The van der Waals surface area contributed by atoms with E-state index in [0.29, 0.717) is 17.3 Å². The van der Waals surface area contributed by atoms with E-state index in [2.05, 4.69) is 46.3 Å². The maximum atomic E-state index is 13.0. The lowest BCUT2D eigenvalue weighted by Gasteiger charge is -2.35. The molecule has 172 valence electrons. The number of hydrogen-bond acceptors (Lipinski definition) is 5. The molecule has 1 aromatic heterocycles. The third kappa shape index (κ3) is 4.63. The highest BCUT2D eigenvalue weighted by Gasteiger charge is 2.23. The summed E-state index contributed by atoms with van der Waals surface area (Å²) < 4.78 is 5.90. The Labute approximate surface area is 199 Å². The molecule has 6 nitrogen and oxygen atoms in total. The zero-order chi connectivity index (χ0) is 23.5. The fourth-order valence-corrected chi connectivity index (χ4v) is 4.34. The smallest absolute Gasteiger partial charge is 0.253 e. The summed E-state index contributed by atoms with van der Waals surface area (Å²) in [6.07, 6.45) is 0. The number of nitrogens with zero attached hydrogens (tertiary/aromatic N) is 4. The Kier molecular flexibility index (Phi) is 6.23. The summed E-state index contributed by atoms with van der Waals surface area (Å²) in [5, 5.41) is 8.40. The highest BCUT2D eigenvalue weighted by molar-refractivity contribution is 5.94. The van der Waals surface area contributed by atoms with Crippen molar-refractivity contribution < 1.29 is 9.21 Å². The van der Waals surface area contributed by atoms with Crippen LogP contribution in [0.15, 0.2) is 77.2 Å². The van der Waals surface area contributed by atoms with Gasteiger partial charge in [-0.25, -0.2) is 0 Å².